The van der Waals surface area contributed by atoms with Crippen molar-refractivity contribution in [1.29, 1.82) is 0 Å². The number of aromatic nitrogens is 2. The van der Waals surface area contributed by atoms with Gasteiger partial charge < -0.3 is 9.63 Å². The topological polar surface area (TPSA) is 76.2 Å². The summed E-state index contributed by atoms with van der Waals surface area (Å²) in [4.78, 5) is 15.3. The van der Waals surface area contributed by atoms with E-state index in [1.165, 1.54) is 12.8 Å². The lowest BCUT2D eigenvalue weighted by atomic mass is 9.98. The van der Waals surface area contributed by atoms with Crippen LogP contribution in [0.15, 0.2) is 28.8 Å². The predicted octanol–water partition coefficient (Wildman–Crippen LogP) is 3.34. The third kappa shape index (κ3) is 2.31. The molecule has 0 saturated heterocycles. The second-order valence-corrected chi connectivity index (χ2v) is 5.35. The van der Waals surface area contributed by atoms with Crippen molar-refractivity contribution in [3.05, 3.63) is 35.7 Å². The molecule has 0 amide bonds. The highest BCUT2D eigenvalue weighted by molar-refractivity contribution is 5.88. The van der Waals surface area contributed by atoms with Crippen molar-refractivity contribution in [2.45, 2.75) is 32.1 Å². The lowest BCUT2D eigenvalue weighted by Crippen LogP contribution is -2.02. The molecule has 3 rings (SSSR count). The molecule has 20 heavy (non-hydrogen) atoms. The fourth-order valence-corrected chi connectivity index (χ4v) is 2.78. The van der Waals surface area contributed by atoms with E-state index in [9.17, 15) is 4.79 Å². The highest BCUT2D eigenvalue weighted by atomic mass is 16.5. The summed E-state index contributed by atoms with van der Waals surface area (Å²) in [6.45, 7) is 2.21. The third-order valence-electron chi connectivity index (χ3n) is 4.01. The summed E-state index contributed by atoms with van der Waals surface area (Å²) in [6, 6.07) is 6.50. The van der Waals surface area contributed by atoms with Gasteiger partial charge in [0.05, 0.1) is 5.56 Å². The van der Waals surface area contributed by atoms with Crippen molar-refractivity contribution in [3.8, 4) is 11.4 Å². The van der Waals surface area contributed by atoms with Crippen LogP contribution in [-0.2, 0) is 0 Å². The van der Waals surface area contributed by atoms with Gasteiger partial charge in [-0.05, 0) is 30.9 Å². The maximum Gasteiger partial charge on any atom is 0.335 e. The van der Waals surface area contributed by atoms with E-state index < -0.39 is 5.97 Å². The van der Waals surface area contributed by atoms with E-state index in [4.69, 9.17) is 9.63 Å². The first-order chi connectivity index (χ1) is 9.65. The maximum atomic E-state index is 10.8. The van der Waals surface area contributed by atoms with Crippen LogP contribution in [0, 0.1) is 5.92 Å². The van der Waals surface area contributed by atoms with E-state index >= 15 is 0 Å². The molecule has 0 spiro atoms. The lowest BCUT2D eigenvalue weighted by Gasteiger charge is -2.08. The molecule has 1 heterocycles. The summed E-state index contributed by atoms with van der Waals surface area (Å²) >= 11 is 0. The fraction of sp³-hybridized carbons (Fsp3) is 0.400. The number of carboxylic acids is 1. The summed E-state index contributed by atoms with van der Waals surface area (Å²) in [5.74, 6) is 1.22. The molecule has 1 N–H and O–H groups in total. The van der Waals surface area contributed by atoms with Crippen LogP contribution in [0.3, 0.4) is 0 Å². The molecule has 104 valence electrons. The van der Waals surface area contributed by atoms with Gasteiger partial charge in [-0.2, -0.15) is 4.98 Å². The molecule has 2 atom stereocenters. The number of hydrogen-bond donors (Lipinski definition) is 1. The average Bonchev–Trinajstić information content (AvgIpc) is 3.07. The van der Waals surface area contributed by atoms with Crippen molar-refractivity contribution in [2.24, 2.45) is 5.92 Å². The van der Waals surface area contributed by atoms with Crippen LogP contribution < -0.4 is 0 Å². The van der Waals surface area contributed by atoms with Gasteiger partial charge in [0.2, 0.25) is 11.7 Å². The summed E-state index contributed by atoms with van der Waals surface area (Å²) in [7, 11) is 0. The quantitative estimate of drug-likeness (QED) is 0.927. The number of carboxylic acid groups (broad SMARTS) is 1. The van der Waals surface area contributed by atoms with Crippen molar-refractivity contribution < 1.29 is 14.4 Å². The van der Waals surface area contributed by atoms with E-state index in [-0.39, 0.29) is 5.56 Å². The Balaban J connectivity index is 1.84. The minimum absolute atomic E-state index is 0.252. The van der Waals surface area contributed by atoms with Crippen LogP contribution in [0.1, 0.15) is 48.4 Å². The maximum absolute atomic E-state index is 10.8. The van der Waals surface area contributed by atoms with E-state index in [1.54, 1.807) is 24.3 Å². The van der Waals surface area contributed by atoms with Crippen LogP contribution in [0.25, 0.3) is 11.4 Å². The standard InChI is InChI=1S/C15H16N2O3/c1-9-3-2-4-12(9)14-16-13(17-20-14)10-5-7-11(8-6-10)15(18)19/h5-9,12H,2-4H2,1H3,(H,18,19). The molecule has 1 aromatic carbocycles. The zero-order chi connectivity index (χ0) is 14.1. The normalized spacial score (nSPS) is 22.1. The van der Waals surface area contributed by atoms with E-state index in [0.29, 0.717) is 23.6 Å². The molecule has 5 nitrogen and oxygen atoms in total. The number of rotatable bonds is 3. The summed E-state index contributed by atoms with van der Waals surface area (Å²) in [5.41, 5.74) is 1.03. The highest BCUT2D eigenvalue weighted by Gasteiger charge is 2.29. The number of nitrogens with zero attached hydrogens (tertiary/aromatic N) is 2. The molecule has 1 aromatic heterocycles. The second kappa shape index (κ2) is 5.07. The van der Waals surface area contributed by atoms with Crippen LogP contribution in [0.5, 0.6) is 0 Å². The average molecular weight is 272 g/mol. The Morgan fingerprint density at radius 2 is 2.05 bits per heavy atom. The number of benzene rings is 1. The number of carbonyl (C=O) groups is 1. The molecule has 2 unspecified atom stereocenters. The van der Waals surface area contributed by atoms with Crippen LogP contribution in [0.2, 0.25) is 0 Å². The van der Waals surface area contributed by atoms with E-state index in [1.807, 2.05) is 0 Å². The van der Waals surface area contributed by atoms with E-state index in [2.05, 4.69) is 17.1 Å². The Labute approximate surface area is 116 Å². The first-order valence-corrected chi connectivity index (χ1v) is 6.82. The van der Waals surface area contributed by atoms with E-state index in [0.717, 1.165) is 12.0 Å². The van der Waals surface area contributed by atoms with Gasteiger partial charge in [0.1, 0.15) is 0 Å². The smallest absolute Gasteiger partial charge is 0.335 e. The molecule has 1 fully saturated rings. The van der Waals surface area contributed by atoms with Crippen molar-refractivity contribution in [3.63, 3.8) is 0 Å². The van der Waals surface area contributed by atoms with Crippen LogP contribution >= 0.6 is 0 Å². The fourth-order valence-electron chi connectivity index (χ4n) is 2.78. The minimum Gasteiger partial charge on any atom is -0.478 e. The predicted molar refractivity (Wildman–Crippen MR) is 72.4 cm³/mol. The lowest BCUT2D eigenvalue weighted by molar-refractivity contribution is 0.0697. The van der Waals surface area contributed by atoms with Crippen LogP contribution in [0.4, 0.5) is 0 Å². The molecule has 5 heteroatoms. The Kier molecular flexibility index (Phi) is 3.26. The number of aromatic carboxylic acids is 1. The van der Waals surface area contributed by atoms with Gasteiger partial charge in [0.25, 0.3) is 0 Å². The van der Waals surface area contributed by atoms with Gasteiger partial charge in [0, 0.05) is 11.5 Å². The van der Waals surface area contributed by atoms with Gasteiger partial charge >= 0.3 is 5.97 Å². The van der Waals surface area contributed by atoms with Gasteiger partial charge in [-0.15, -0.1) is 0 Å². The first kappa shape index (κ1) is 12.8. The molecule has 0 aliphatic heterocycles. The molecule has 2 aromatic rings. The Morgan fingerprint density at radius 1 is 1.30 bits per heavy atom. The van der Waals surface area contributed by atoms with Crippen molar-refractivity contribution >= 4 is 5.97 Å². The van der Waals surface area contributed by atoms with Crippen molar-refractivity contribution in [2.75, 3.05) is 0 Å². The minimum atomic E-state index is -0.940. The summed E-state index contributed by atoms with van der Waals surface area (Å²) < 4.78 is 5.37. The number of hydrogen-bond acceptors (Lipinski definition) is 4. The van der Waals surface area contributed by atoms with Gasteiger partial charge in [0.15, 0.2) is 0 Å². The van der Waals surface area contributed by atoms with Gasteiger partial charge in [-0.25, -0.2) is 4.79 Å². The molecular formula is C15H16N2O3. The second-order valence-electron chi connectivity index (χ2n) is 5.35. The molecule has 0 radical (unpaired) electrons. The Morgan fingerprint density at radius 3 is 2.65 bits per heavy atom. The van der Waals surface area contributed by atoms with Gasteiger partial charge in [-0.1, -0.05) is 30.6 Å². The van der Waals surface area contributed by atoms with Gasteiger partial charge in [-0.3, -0.25) is 0 Å². The summed E-state index contributed by atoms with van der Waals surface area (Å²) in [5, 5.41) is 12.9. The van der Waals surface area contributed by atoms with Crippen LogP contribution in [-0.4, -0.2) is 21.2 Å². The molecular weight excluding hydrogens is 256 g/mol. The molecule has 1 saturated carbocycles. The molecule has 0 bridgehead atoms. The monoisotopic (exact) mass is 272 g/mol. The largest absolute Gasteiger partial charge is 0.478 e. The molecule has 1 aliphatic carbocycles. The Hall–Kier alpha value is -2.17. The zero-order valence-corrected chi connectivity index (χ0v) is 11.2. The van der Waals surface area contributed by atoms with Crippen molar-refractivity contribution in [1.82, 2.24) is 10.1 Å². The highest BCUT2D eigenvalue weighted by Crippen LogP contribution is 2.38. The SMILES string of the molecule is CC1CCCC1c1nc(-c2ccc(C(=O)O)cc2)no1. The third-order valence-corrected chi connectivity index (χ3v) is 4.01. The summed E-state index contributed by atoms with van der Waals surface area (Å²) in [6.07, 6.45) is 3.51. The Bertz CT molecular complexity index is 618. The first-order valence-electron chi connectivity index (χ1n) is 6.82. The molecule has 1 aliphatic rings. The zero-order valence-electron chi connectivity index (χ0n) is 11.2.